The SMILES string of the molecule is C=C(CCn1cc([C@@H]2O[C@H](CO)[C@H](O)C2O)c(=O)[nH]c1=O)OC. The normalized spacial score (nSPS) is 27.1. The van der Waals surface area contributed by atoms with Crippen molar-refractivity contribution in [3.63, 3.8) is 0 Å². The molecule has 0 saturated carbocycles. The van der Waals surface area contributed by atoms with E-state index in [1.807, 2.05) is 0 Å². The zero-order valence-electron chi connectivity index (χ0n) is 12.6. The molecule has 1 aromatic rings. The number of nitrogens with zero attached hydrogens (tertiary/aromatic N) is 1. The summed E-state index contributed by atoms with van der Waals surface area (Å²) in [6.07, 6.45) is -3.21. The highest BCUT2D eigenvalue weighted by Crippen LogP contribution is 2.31. The Bertz CT molecular complexity index is 680. The van der Waals surface area contributed by atoms with Crippen LogP contribution in [-0.2, 0) is 16.0 Å². The maximum Gasteiger partial charge on any atom is 0.328 e. The van der Waals surface area contributed by atoms with Crippen molar-refractivity contribution >= 4 is 0 Å². The monoisotopic (exact) mass is 328 g/mol. The molecule has 1 aliphatic heterocycles. The van der Waals surface area contributed by atoms with Crippen molar-refractivity contribution in [3.05, 3.63) is 44.9 Å². The summed E-state index contributed by atoms with van der Waals surface area (Å²) in [7, 11) is 1.46. The largest absolute Gasteiger partial charge is 0.502 e. The molecule has 4 N–H and O–H groups in total. The molecule has 0 radical (unpaired) electrons. The number of aromatic nitrogens is 2. The minimum Gasteiger partial charge on any atom is -0.502 e. The molecule has 2 heterocycles. The smallest absolute Gasteiger partial charge is 0.328 e. The van der Waals surface area contributed by atoms with Gasteiger partial charge in [0.1, 0.15) is 24.4 Å². The summed E-state index contributed by atoms with van der Waals surface area (Å²) in [6, 6.07) is 0. The Kier molecular flexibility index (Phi) is 5.37. The fourth-order valence-corrected chi connectivity index (χ4v) is 2.40. The second-order valence-electron chi connectivity index (χ2n) is 5.29. The van der Waals surface area contributed by atoms with Crippen LogP contribution in [0.3, 0.4) is 0 Å². The summed E-state index contributed by atoms with van der Waals surface area (Å²) in [5.41, 5.74) is -1.34. The van der Waals surface area contributed by atoms with Gasteiger partial charge in [0.2, 0.25) is 0 Å². The number of ether oxygens (including phenoxy) is 2. The lowest BCUT2D eigenvalue weighted by atomic mass is 10.0. The first-order valence-corrected chi connectivity index (χ1v) is 7.07. The maximum absolute atomic E-state index is 12.0. The number of aliphatic hydroxyl groups is 3. The molecule has 1 saturated heterocycles. The van der Waals surface area contributed by atoms with Crippen molar-refractivity contribution in [2.75, 3.05) is 13.7 Å². The fraction of sp³-hybridized carbons (Fsp3) is 0.571. The minimum atomic E-state index is -1.38. The molecule has 0 bridgehead atoms. The van der Waals surface area contributed by atoms with Crippen LogP contribution in [0.2, 0.25) is 0 Å². The zero-order valence-corrected chi connectivity index (χ0v) is 12.6. The summed E-state index contributed by atoms with van der Waals surface area (Å²) in [6.45, 7) is 3.36. The maximum atomic E-state index is 12.0. The first-order valence-electron chi connectivity index (χ1n) is 7.07. The van der Waals surface area contributed by atoms with Gasteiger partial charge >= 0.3 is 5.69 Å². The third-order valence-corrected chi connectivity index (χ3v) is 3.81. The molecule has 9 heteroatoms. The molecule has 0 aromatic carbocycles. The Morgan fingerprint density at radius 3 is 2.70 bits per heavy atom. The first-order chi connectivity index (χ1) is 10.9. The van der Waals surface area contributed by atoms with Gasteiger partial charge < -0.3 is 24.8 Å². The average molecular weight is 328 g/mol. The average Bonchev–Trinajstić information content (AvgIpc) is 2.81. The molecule has 23 heavy (non-hydrogen) atoms. The highest BCUT2D eigenvalue weighted by molar-refractivity contribution is 5.14. The number of hydrogen-bond acceptors (Lipinski definition) is 7. The highest BCUT2D eigenvalue weighted by atomic mass is 16.6. The third-order valence-electron chi connectivity index (χ3n) is 3.81. The molecule has 0 spiro atoms. The van der Waals surface area contributed by atoms with Gasteiger partial charge in [0, 0.05) is 19.2 Å². The van der Waals surface area contributed by atoms with Gasteiger partial charge in [-0.15, -0.1) is 0 Å². The molecule has 2 rings (SSSR count). The summed E-state index contributed by atoms with van der Waals surface area (Å²) < 4.78 is 11.5. The van der Waals surface area contributed by atoms with Crippen LogP contribution in [0.1, 0.15) is 18.1 Å². The van der Waals surface area contributed by atoms with Crippen molar-refractivity contribution in [3.8, 4) is 0 Å². The van der Waals surface area contributed by atoms with Gasteiger partial charge in [0.15, 0.2) is 0 Å². The molecule has 1 aromatic heterocycles. The lowest BCUT2D eigenvalue weighted by Gasteiger charge is -2.15. The van der Waals surface area contributed by atoms with E-state index < -0.39 is 42.3 Å². The summed E-state index contributed by atoms with van der Waals surface area (Å²) >= 11 is 0. The number of allylic oxidation sites excluding steroid dienone is 1. The molecule has 4 atom stereocenters. The van der Waals surface area contributed by atoms with Crippen LogP contribution in [-0.4, -0.2) is 56.9 Å². The van der Waals surface area contributed by atoms with Crippen molar-refractivity contribution in [2.45, 2.75) is 37.4 Å². The third kappa shape index (κ3) is 3.53. The van der Waals surface area contributed by atoms with Crippen LogP contribution in [0, 0.1) is 0 Å². The van der Waals surface area contributed by atoms with Crippen LogP contribution in [0.25, 0.3) is 0 Å². The van der Waals surface area contributed by atoms with Gasteiger partial charge in [-0.05, 0) is 0 Å². The van der Waals surface area contributed by atoms with Gasteiger partial charge in [-0.2, -0.15) is 0 Å². The molecule has 1 unspecified atom stereocenters. The van der Waals surface area contributed by atoms with E-state index in [9.17, 15) is 19.8 Å². The number of rotatable bonds is 6. The van der Waals surface area contributed by atoms with Crippen molar-refractivity contribution < 1.29 is 24.8 Å². The number of methoxy groups -OCH3 is 1. The summed E-state index contributed by atoms with van der Waals surface area (Å²) in [5.74, 6) is 0.470. The molecule has 1 fully saturated rings. The molecular formula is C14H20N2O7. The van der Waals surface area contributed by atoms with Crippen LogP contribution in [0.15, 0.2) is 28.1 Å². The van der Waals surface area contributed by atoms with Crippen LogP contribution in [0.5, 0.6) is 0 Å². The Hall–Kier alpha value is -1.94. The molecule has 128 valence electrons. The number of aromatic amines is 1. The van der Waals surface area contributed by atoms with E-state index in [1.54, 1.807) is 0 Å². The van der Waals surface area contributed by atoms with Gasteiger partial charge in [-0.3, -0.25) is 14.3 Å². The van der Waals surface area contributed by atoms with E-state index in [0.29, 0.717) is 12.2 Å². The molecule has 1 aliphatic rings. The van der Waals surface area contributed by atoms with Gasteiger partial charge in [-0.25, -0.2) is 4.79 Å². The highest BCUT2D eigenvalue weighted by Gasteiger charge is 2.44. The van der Waals surface area contributed by atoms with Crippen LogP contribution in [0.4, 0.5) is 0 Å². The van der Waals surface area contributed by atoms with E-state index in [2.05, 4.69) is 11.6 Å². The van der Waals surface area contributed by atoms with E-state index in [4.69, 9.17) is 14.6 Å². The molecule has 9 nitrogen and oxygen atoms in total. The van der Waals surface area contributed by atoms with Crippen molar-refractivity contribution in [1.82, 2.24) is 9.55 Å². The van der Waals surface area contributed by atoms with E-state index in [1.165, 1.54) is 17.9 Å². The lowest BCUT2D eigenvalue weighted by molar-refractivity contribution is -0.0233. The van der Waals surface area contributed by atoms with Crippen LogP contribution < -0.4 is 11.2 Å². The minimum absolute atomic E-state index is 0.00451. The Balaban J connectivity index is 2.31. The van der Waals surface area contributed by atoms with Gasteiger partial charge in [0.05, 0.1) is 25.0 Å². The van der Waals surface area contributed by atoms with E-state index >= 15 is 0 Å². The first kappa shape index (κ1) is 17.4. The second kappa shape index (κ2) is 7.09. The van der Waals surface area contributed by atoms with Gasteiger partial charge in [-0.1, -0.05) is 6.58 Å². The van der Waals surface area contributed by atoms with E-state index in [-0.39, 0.29) is 12.1 Å². The Morgan fingerprint density at radius 2 is 2.13 bits per heavy atom. The quantitative estimate of drug-likeness (QED) is 0.455. The van der Waals surface area contributed by atoms with Crippen LogP contribution >= 0.6 is 0 Å². The topological polar surface area (TPSA) is 134 Å². The molecule has 0 aliphatic carbocycles. The van der Waals surface area contributed by atoms with Crippen molar-refractivity contribution in [1.29, 1.82) is 0 Å². The Morgan fingerprint density at radius 1 is 1.43 bits per heavy atom. The predicted octanol–water partition coefficient (Wildman–Crippen LogP) is -1.76. The number of aryl methyl sites for hydroxylation is 1. The standard InChI is InChI=1S/C14H20N2O7/c1-7(22-2)3-4-16-5-8(13(20)15-14(16)21)12-11(19)10(18)9(6-17)23-12/h5,9-12,17-19H,1,3-4,6H2,2H3,(H,15,20,21)/t9-,10+,11?,12+/m1/s1. The van der Waals surface area contributed by atoms with Gasteiger partial charge in [0.25, 0.3) is 5.56 Å². The summed E-state index contributed by atoms with van der Waals surface area (Å²) in [5, 5.41) is 28.9. The predicted molar refractivity (Wildman–Crippen MR) is 78.8 cm³/mol. The molecular weight excluding hydrogens is 308 g/mol. The Labute approximate surface area is 131 Å². The zero-order chi connectivity index (χ0) is 17.1. The van der Waals surface area contributed by atoms with E-state index in [0.717, 1.165) is 0 Å². The number of nitrogens with one attached hydrogen (secondary N) is 1. The number of aliphatic hydroxyl groups excluding tert-OH is 3. The lowest BCUT2D eigenvalue weighted by Crippen LogP contribution is -2.36. The fourth-order valence-electron chi connectivity index (χ4n) is 2.40. The molecule has 0 amide bonds. The number of hydrogen-bond donors (Lipinski definition) is 4. The number of H-pyrrole nitrogens is 1. The van der Waals surface area contributed by atoms with Crippen molar-refractivity contribution in [2.24, 2.45) is 0 Å². The second-order valence-corrected chi connectivity index (χ2v) is 5.29. The summed E-state index contributed by atoms with van der Waals surface area (Å²) in [4.78, 5) is 25.9.